The van der Waals surface area contributed by atoms with Crippen molar-refractivity contribution in [2.24, 2.45) is 16.5 Å². The van der Waals surface area contributed by atoms with Gasteiger partial charge in [0, 0.05) is 11.4 Å². The van der Waals surface area contributed by atoms with Crippen molar-refractivity contribution in [1.82, 2.24) is 5.32 Å². The summed E-state index contributed by atoms with van der Waals surface area (Å²) >= 11 is 6.29. The van der Waals surface area contributed by atoms with Crippen molar-refractivity contribution in [3.8, 4) is 5.75 Å². The number of halogens is 1. The third kappa shape index (κ3) is 7.57. The molecule has 0 aromatic heterocycles. The molecule has 0 heterocycles. The number of hydrogen-bond acceptors (Lipinski definition) is 5. The van der Waals surface area contributed by atoms with Crippen molar-refractivity contribution in [1.29, 1.82) is 0 Å². The summed E-state index contributed by atoms with van der Waals surface area (Å²) in [5.41, 5.74) is 13.7. The van der Waals surface area contributed by atoms with E-state index < -0.39 is 23.9 Å². The minimum Gasteiger partial charge on any atom is -0.480 e. The highest BCUT2D eigenvalue weighted by atomic mass is 35.5. The number of aliphatic carboxylic acids is 1. The summed E-state index contributed by atoms with van der Waals surface area (Å²) in [6, 6.07) is 16.9. The van der Waals surface area contributed by atoms with E-state index in [1.54, 1.807) is 18.2 Å². The van der Waals surface area contributed by atoms with Gasteiger partial charge in [-0.1, -0.05) is 47.5 Å². The van der Waals surface area contributed by atoms with Crippen molar-refractivity contribution in [3.05, 3.63) is 94.0 Å². The number of nitrogens with zero attached hydrogens (tertiary/aromatic N) is 1. The van der Waals surface area contributed by atoms with Crippen LogP contribution < -0.4 is 21.5 Å². The lowest BCUT2D eigenvalue weighted by atomic mass is 10.0. The summed E-state index contributed by atoms with van der Waals surface area (Å²) in [5.74, 6) is -2.16. The fourth-order valence-electron chi connectivity index (χ4n) is 3.30. The molecule has 1 amide bonds. The molecular weight excluding hydrogens is 484 g/mol. The number of esters is 1. The summed E-state index contributed by atoms with van der Waals surface area (Å²) in [6.07, 6.45) is 0.00784. The number of guanidine groups is 1. The quantitative estimate of drug-likeness (QED) is 0.150. The fourth-order valence-corrected chi connectivity index (χ4v) is 3.54. The number of nitrogens with one attached hydrogen (secondary N) is 1. The molecule has 0 aliphatic rings. The molecule has 0 bridgehead atoms. The Bertz CT molecular complexity index is 1290. The monoisotopic (exact) mass is 508 g/mol. The third-order valence-electron chi connectivity index (χ3n) is 5.14. The van der Waals surface area contributed by atoms with E-state index in [2.05, 4.69) is 10.3 Å². The van der Waals surface area contributed by atoms with Gasteiger partial charge in [0.05, 0.1) is 17.7 Å². The van der Waals surface area contributed by atoms with Crippen LogP contribution in [0, 0.1) is 6.92 Å². The second-order valence-electron chi connectivity index (χ2n) is 8.05. The van der Waals surface area contributed by atoms with Crippen molar-refractivity contribution < 1.29 is 24.2 Å². The van der Waals surface area contributed by atoms with Crippen LogP contribution in [0.1, 0.15) is 27.0 Å². The zero-order valence-corrected chi connectivity index (χ0v) is 20.2. The van der Waals surface area contributed by atoms with Gasteiger partial charge in [-0.3, -0.25) is 4.79 Å². The summed E-state index contributed by atoms with van der Waals surface area (Å²) in [6.45, 7) is 1.93. The van der Waals surface area contributed by atoms with Gasteiger partial charge in [-0.2, -0.15) is 0 Å². The molecule has 3 rings (SSSR count). The second-order valence-corrected chi connectivity index (χ2v) is 8.46. The largest absolute Gasteiger partial charge is 0.480 e. The van der Waals surface area contributed by atoms with E-state index in [9.17, 15) is 19.5 Å². The maximum atomic E-state index is 12.5. The highest BCUT2D eigenvalue weighted by Crippen LogP contribution is 2.24. The number of aryl methyl sites for hydroxylation is 1. The minimum atomic E-state index is -1.14. The Morgan fingerprint density at radius 3 is 2.28 bits per heavy atom. The molecule has 36 heavy (non-hydrogen) atoms. The number of aliphatic imine (C=N–C) groups is 1. The molecule has 186 valence electrons. The number of hydrogen-bond donors (Lipinski definition) is 4. The normalized spacial score (nSPS) is 11.3. The molecule has 10 heteroatoms. The lowest BCUT2D eigenvalue weighted by Gasteiger charge is -2.15. The van der Waals surface area contributed by atoms with E-state index in [1.165, 1.54) is 24.3 Å². The highest BCUT2D eigenvalue weighted by Gasteiger charge is 2.21. The molecule has 0 spiro atoms. The molecule has 3 aromatic rings. The summed E-state index contributed by atoms with van der Waals surface area (Å²) < 4.78 is 5.35. The molecule has 0 saturated carbocycles. The number of carboxylic acid groups (broad SMARTS) is 1. The number of rotatable bonds is 9. The smallest absolute Gasteiger partial charge is 0.343 e. The van der Waals surface area contributed by atoms with Gasteiger partial charge in [-0.15, -0.1) is 0 Å². The summed E-state index contributed by atoms with van der Waals surface area (Å²) in [4.78, 5) is 40.5. The number of amides is 1. The van der Waals surface area contributed by atoms with E-state index in [-0.39, 0.29) is 35.1 Å². The summed E-state index contributed by atoms with van der Waals surface area (Å²) in [5, 5.41) is 12.3. The molecule has 0 unspecified atom stereocenters. The van der Waals surface area contributed by atoms with Crippen LogP contribution in [-0.4, -0.2) is 35.0 Å². The van der Waals surface area contributed by atoms with Gasteiger partial charge in [-0.05, 0) is 54.4 Å². The van der Waals surface area contributed by atoms with Crippen molar-refractivity contribution >= 4 is 41.1 Å². The van der Waals surface area contributed by atoms with Gasteiger partial charge in [-0.25, -0.2) is 14.6 Å². The first-order valence-electron chi connectivity index (χ1n) is 10.9. The lowest BCUT2D eigenvalue weighted by Crippen LogP contribution is -2.43. The molecule has 1 atom stereocenters. The molecule has 0 radical (unpaired) electrons. The van der Waals surface area contributed by atoms with E-state index in [0.717, 1.165) is 11.1 Å². The maximum Gasteiger partial charge on any atom is 0.343 e. The first-order valence-corrected chi connectivity index (χ1v) is 11.3. The molecule has 0 fully saturated rings. The number of ether oxygens (including phenoxy) is 1. The average Bonchev–Trinajstić information content (AvgIpc) is 2.81. The summed E-state index contributed by atoms with van der Waals surface area (Å²) in [7, 11) is 0. The van der Waals surface area contributed by atoms with Crippen LogP contribution in [-0.2, 0) is 22.4 Å². The van der Waals surface area contributed by atoms with Crippen LogP contribution in [0.25, 0.3) is 0 Å². The first kappa shape index (κ1) is 26.2. The van der Waals surface area contributed by atoms with Gasteiger partial charge in [0.15, 0.2) is 5.96 Å². The van der Waals surface area contributed by atoms with Crippen LogP contribution >= 0.6 is 11.6 Å². The minimum absolute atomic E-state index is 0.0986. The number of carbonyl (C=O) groups is 3. The maximum absolute atomic E-state index is 12.5. The average molecular weight is 509 g/mol. The Morgan fingerprint density at radius 1 is 1.03 bits per heavy atom. The predicted octanol–water partition coefficient (Wildman–Crippen LogP) is 3.13. The van der Waals surface area contributed by atoms with Crippen LogP contribution in [0.3, 0.4) is 0 Å². The predicted molar refractivity (Wildman–Crippen MR) is 136 cm³/mol. The molecule has 0 aliphatic carbocycles. The molecule has 9 nitrogen and oxygen atoms in total. The van der Waals surface area contributed by atoms with Crippen LogP contribution in [0.5, 0.6) is 5.75 Å². The SMILES string of the molecule is Cc1ccc(C[C@H](NC(=O)Cc2ccc(OC(=O)c3ccc(N=C(N)N)cc3)cc2Cl)C(=O)O)cc1. The Labute approximate surface area is 212 Å². The van der Waals surface area contributed by atoms with Crippen molar-refractivity contribution in [2.75, 3.05) is 0 Å². The van der Waals surface area contributed by atoms with Gasteiger partial charge < -0.3 is 26.6 Å². The number of nitrogens with two attached hydrogens (primary N) is 2. The van der Waals surface area contributed by atoms with Crippen LogP contribution in [0.2, 0.25) is 5.02 Å². The Morgan fingerprint density at radius 2 is 1.69 bits per heavy atom. The first-order chi connectivity index (χ1) is 17.1. The number of carbonyl (C=O) groups excluding carboxylic acids is 2. The second kappa shape index (κ2) is 11.9. The Hall–Kier alpha value is -4.37. The van der Waals surface area contributed by atoms with Gasteiger partial charge >= 0.3 is 11.9 Å². The van der Waals surface area contributed by atoms with Crippen molar-refractivity contribution in [3.63, 3.8) is 0 Å². The Balaban J connectivity index is 1.61. The zero-order chi connectivity index (χ0) is 26.2. The molecule has 3 aromatic carbocycles. The number of benzene rings is 3. The topological polar surface area (TPSA) is 157 Å². The zero-order valence-electron chi connectivity index (χ0n) is 19.4. The van der Waals surface area contributed by atoms with E-state index in [1.807, 2.05) is 31.2 Å². The van der Waals surface area contributed by atoms with Gasteiger partial charge in [0.25, 0.3) is 0 Å². The standard InChI is InChI=1S/C26H25ClN4O5/c1-15-2-4-16(5-3-15)12-22(24(33)34)31-23(32)13-18-8-11-20(14-21(18)27)36-25(35)17-6-9-19(10-7-17)30-26(28)29/h2-11,14,22H,12-13H2,1H3,(H,31,32)(H,33,34)(H4,28,29,30)/t22-/m0/s1. The molecule has 6 N–H and O–H groups in total. The highest BCUT2D eigenvalue weighted by molar-refractivity contribution is 6.31. The molecule has 0 saturated heterocycles. The van der Waals surface area contributed by atoms with Gasteiger partial charge in [0.1, 0.15) is 11.8 Å². The molecule has 0 aliphatic heterocycles. The van der Waals surface area contributed by atoms with E-state index in [0.29, 0.717) is 11.3 Å². The molecular formula is C26H25ClN4O5. The Kier molecular flexibility index (Phi) is 8.64. The van der Waals surface area contributed by atoms with Gasteiger partial charge in [0.2, 0.25) is 5.91 Å². The van der Waals surface area contributed by atoms with Crippen LogP contribution in [0.4, 0.5) is 5.69 Å². The van der Waals surface area contributed by atoms with E-state index in [4.69, 9.17) is 27.8 Å². The van der Waals surface area contributed by atoms with E-state index >= 15 is 0 Å². The van der Waals surface area contributed by atoms with Crippen molar-refractivity contribution in [2.45, 2.75) is 25.8 Å². The third-order valence-corrected chi connectivity index (χ3v) is 5.49. The fraction of sp³-hybridized carbons (Fsp3) is 0.154. The lowest BCUT2D eigenvalue weighted by molar-refractivity contribution is -0.141. The number of carboxylic acids is 1. The van der Waals surface area contributed by atoms with Crippen LogP contribution in [0.15, 0.2) is 71.7 Å².